The van der Waals surface area contributed by atoms with Crippen LogP contribution in [0.3, 0.4) is 0 Å². The molecule has 1 N–H and O–H groups in total. The van der Waals surface area contributed by atoms with Gasteiger partial charge < -0.3 is 5.11 Å². The summed E-state index contributed by atoms with van der Waals surface area (Å²) in [6, 6.07) is 6.23. The summed E-state index contributed by atoms with van der Waals surface area (Å²) in [5.74, 6) is -1.34. The van der Waals surface area contributed by atoms with Gasteiger partial charge in [-0.15, -0.1) is 5.10 Å². The zero-order valence-corrected chi connectivity index (χ0v) is 12.9. The molecule has 0 aliphatic carbocycles. The zero-order chi connectivity index (χ0) is 16.4. The van der Waals surface area contributed by atoms with E-state index in [1.807, 2.05) is 0 Å². The fourth-order valence-electron chi connectivity index (χ4n) is 2.54. The lowest BCUT2D eigenvalue weighted by molar-refractivity contribution is -0.142. The van der Waals surface area contributed by atoms with E-state index in [2.05, 4.69) is 15.5 Å². The van der Waals surface area contributed by atoms with Gasteiger partial charge in [-0.2, -0.15) is 4.31 Å². The molecule has 10 heteroatoms. The van der Waals surface area contributed by atoms with Gasteiger partial charge >= 0.3 is 5.97 Å². The van der Waals surface area contributed by atoms with E-state index in [0.29, 0.717) is 18.5 Å². The number of tetrazole rings is 1. The number of hydrogen-bond acceptors (Lipinski definition) is 6. The molecule has 0 amide bonds. The monoisotopic (exact) mass is 337 g/mol. The Bertz CT molecular complexity index is 780. The first-order valence-electron chi connectivity index (χ1n) is 7.05. The number of aromatic nitrogens is 4. The van der Waals surface area contributed by atoms with Crippen molar-refractivity contribution in [3.8, 4) is 5.69 Å². The number of carboxylic acid groups (broad SMARTS) is 1. The van der Waals surface area contributed by atoms with Crippen molar-refractivity contribution in [1.82, 2.24) is 24.5 Å². The fourth-order valence-corrected chi connectivity index (χ4v) is 4.01. The Labute approximate surface area is 132 Å². The van der Waals surface area contributed by atoms with E-state index in [0.717, 1.165) is 0 Å². The molecule has 1 aromatic heterocycles. The SMILES string of the molecule is O=C(O)C1CCN(S(=O)(=O)c2ccc(-n3cnnn3)cc2)CC1. The second-order valence-electron chi connectivity index (χ2n) is 5.26. The van der Waals surface area contributed by atoms with Crippen LogP contribution < -0.4 is 0 Å². The van der Waals surface area contributed by atoms with E-state index in [4.69, 9.17) is 5.11 Å². The van der Waals surface area contributed by atoms with Crippen LogP contribution in [0.5, 0.6) is 0 Å². The number of carboxylic acids is 1. The predicted octanol–water partition coefficient (Wildman–Crippen LogP) is 0.148. The first-order valence-corrected chi connectivity index (χ1v) is 8.49. The number of aliphatic carboxylic acids is 1. The van der Waals surface area contributed by atoms with Crippen LogP contribution in [0.15, 0.2) is 35.5 Å². The highest BCUT2D eigenvalue weighted by molar-refractivity contribution is 7.89. The second kappa shape index (κ2) is 6.05. The summed E-state index contributed by atoms with van der Waals surface area (Å²) < 4.78 is 27.9. The van der Waals surface area contributed by atoms with Gasteiger partial charge in [-0.05, 0) is 47.5 Å². The van der Waals surface area contributed by atoms with Crippen LogP contribution >= 0.6 is 0 Å². The topological polar surface area (TPSA) is 118 Å². The Morgan fingerprint density at radius 3 is 2.35 bits per heavy atom. The molecule has 23 heavy (non-hydrogen) atoms. The summed E-state index contributed by atoms with van der Waals surface area (Å²) in [7, 11) is -3.62. The van der Waals surface area contributed by atoms with Crippen LogP contribution in [0.4, 0.5) is 0 Å². The summed E-state index contributed by atoms with van der Waals surface area (Å²) in [5, 5.41) is 19.8. The standard InChI is InChI=1S/C13H15N5O4S/c19-13(20)10-5-7-17(8-6-10)23(21,22)12-3-1-11(2-4-12)18-9-14-15-16-18/h1-4,9-10H,5-8H2,(H,19,20). The molecule has 0 spiro atoms. The van der Waals surface area contributed by atoms with Crippen LogP contribution in [0, 0.1) is 5.92 Å². The molecule has 1 aliphatic rings. The molecule has 9 nitrogen and oxygen atoms in total. The van der Waals surface area contributed by atoms with Gasteiger partial charge in [-0.1, -0.05) is 0 Å². The van der Waals surface area contributed by atoms with Gasteiger partial charge in [-0.25, -0.2) is 13.1 Å². The van der Waals surface area contributed by atoms with Crippen molar-refractivity contribution in [3.63, 3.8) is 0 Å². The van der Waals surface area contributed by atoms with Crippen LogP contribution in [-0.2, 0) is 14.8 Å². The maximum Gasteiger partial charge on any atom is 0.306 e. The van der Waals surface area contributed by atoms with Crippen molar-refractivity contribution in [2.45, 2.75) is 17.7 Å². The molecule has 122 valence electrons. The molecule has 1 saturated heterocycles. The van der Waals surface area contributed by atoms with Crippen molar-refractivity contribution in [2.75, 3.05) is 13.1 Å². The molecule has 1 aliphatic heterocycles. The van der Waals surface area contributed by atoms with E-state index in [-0.39, 0.29) is 18.0 Å². The number of piperidine rings is 1. The first-order chi connectivity index (χ1) is 11.0. The summed E-state index contributed by atoms with van der Waals surface area (Å²) in [6.45, 7) is 0.433. The largest absolute Gasteiger partial charge is 0.481 e. The van der Waals surface area contributed by atoms with Crippen molar-refractivity contribution in [1.29, 1.82) is 0 Å². The van der Waals surface area contributed by atoms with Gasteiger partial charge in [0.1, 0.15) is 6.33 Å². The highest BCUT2D eigenvalue weighted by atomic mass is 32.2. The highest BCUT2D eigenvalue weighted by Gasteiger charge is 2.31. The van der Waals surface area contributed by atoms with Gasteiger partial charge in [-0.3, -0.25) is 4.79 Å². The minimum Gasteiger partial charge on any atom is -0.481 e. The van der Waals surface area contributed by atoms with Gasteiger partial charge in [0.05, 0.1) is 16.5 Å². The third kappa shape index (κ3) is 3.08. The number of rotatable bonds is 4. The molecular weight excluding hydrogens is 322 g/mol. The third-order valence-electron chi connectivity index (χ3n) is 3.89. The quantitative estimate of drug-likeness (QED) is 0.843. The fraction of sp³-hybridized carbons (Fsp3) is 0.385. The minimum absolute atomic E-state index is 0.170. The number of nitrogens with zero attached hydrogens (tertiary/aromatic N) is 5. The maximum atomic E-state index is 12.6. The number of carbonyl (C=O) groups is 1. The van der Waals surface area contributed by atoms with Crippen molar-refractivity contribution >= 4 is 16.0 Å². The number of sulfonamides is 1. The molecule has 2 aromatic rings. The zero-order valence-electron chi connectivity index (χ0n) is 12.1. The van der Waals surface area contributed by atoms with Crippen molar-refractivity contribution in [3.05, 3.63) is 30.6 Å². The molecule has 3 rings (SSSR count). The second-order valence-corrected chi connectivity index (χ2v) is 7.20. The normalized spacial score (nSPS) is 17.2. The van der Waals surface area contributed by atoms with E-state index >= 15 is 0 Å². The smallest absolute Gasteiger partial charge is 0.306 e. The lowest BCUT2D eigenvalue weighted by atomic mass is 9.99. The highest BCUT2D eigenvalue weighted by Crippen LogP contribution is 2.24. The molecule has 2 heterocycles. The molecule has 0 unspecified atom stereocenters. The van der Waals surface area contributed by atoms with Gasteiger partial charge in [0, 0.05) is 13.1 Å². The van der Waals surface area contributed by atoms with Crippen LogP contribution in [0.1, 0.15) is 12.8 Å². The maximum absolute atomic E-state index is 12.6. The Hall–Kier alpha value is -2.33. The molecule has 0 bridgehead atoms. The minimum atomic E-state index is -3.62. The average Bonchev–Trinajstić information content (AvgIpc) is 3.09. The van der Waals surface area contributed by atoms with Crippen molar-refractivity contribution in [2.24, 2.45) is 5.92 Å². The predicted molar refractivity (Wildman–Crippen MR) is 78.3 cm³/mol. The Morgan fingerprint density at radius 1 is 1.17 bits per heavy atom. The molecule has 1 aromatic carbocycles. The lowest BCUT2D eigenvalue weighted by Gasteiger charge is -2.29. The summed E-state index contributed by atoms with van der Waals surface area (Å²) in [5.41, 5.74) is 0.651. The Morgan fingerprint density at radius 2 is 1.83 bits per heavy atom. The van der Waals surface area contributed by atoms with E-state index < -0.39 is 21.9 Å². The average molecular weight is 337 g/mol. The van der Waals surface area contributed by atoms with E-state index in [1.165, 1.54) is 27.4 Å². The van der Waals surface area contributed by atoms with Gasteiger partial charge in [0.2, 0.25) is 10.0 Å². The van der Waals surface area contributed by atoms with Gasteiger partial charge in [0.15, 0.2) is 0 Å². The molecule has 0 radical (unpaired) electrons. The number of benzene rings is 1. The lowest BCUT2D eigenvalue weighted by Crippen LogP contribution is -2.40. The van der Waals surface area contributed by atoms with Crippen LogP contribution in [-0.4, -0.2) is 57.1 Å². The van der Waals surface area contributed by atoms with Crippen LogP contribution in [0.2, 0.25) is 0 Å². The Kier molecular flexibility index (Phi) is 4.09. The van der Waals surface area contributed by atoms with E-state index in [1.54, 1.807) is 12.1 Å². The Balaban J connectivity index is 1.76. The molecule has 0 atom stereocenters. The molecule has 0 saturated carbocycles. The summed E-state index contributed by atoms with van der Waals surface area (Å²) in [6.07, 6.45) is 2.08. The summed E-state index contributed by atoms with van der Waals surface area (Å²) in [4.78, 5) is 11.1. The number of hydrogen-bond donors (Lipinski definition) is 1. The first kappa shape index (κ1) is 15.6. The van der Waals surface area contributed by atoms with Gasteiger partial charge in [0.25, 0.3) is 0 Å². The van der Waals surface area contributed by atoms with E-state index in [9.17, 15) is 13.2 Å². The molecule has 1 fully saturated rings. The summed E-state index contributed by atoms with van der Waals surface area (Å²) >= 11 is 0. The molecular formula is C13H15N5O4S. The van der Waals surface area contributed by atoms with Crippen molar-refractivity contribution < 1.29 is 18.3 Å². The third-order valence-corrected chi connectivity index (χ3v) is 5.80. The van der Waals surface area contributed by atoms with Crippen LogP contribution in [0.25, 0.3) is 5.69 Å².